The Morgan fingerprint density at radius 1 is 1.06 bits per heavy atom. The van der Waals surface area contributed by atoms with Crippen LogP contribution < -0.4 is 0 Å². The van der Waals surface area contributed by atoms with Crippen molar-refractivity contribution in [2.24, 2.45) is 0 Å². The van der Waals surface area contributed by atoms with Crippen molar-refractivity contribution in [1.82, 2.24) is 9.78 Å². The number of carbonyl (C=O) groups is 1. The molecule has 3 rings (SSSR count). The number of nitrogens with zero attached hydrogens (tertiary/aromatic N) is 2. The monoisotopic (exact) mass is 534 g/mol. The smallest absolute Gasteiger partial charge is 0.435 e. The van der Waals surface area contributed by atoms with Crippen LogP contribution >= 0.6 is 34.5 Å². The van der Waals surface area contributed by atoms with E-state index in [1.54, 1.807) is 6.92 Å². The molecule has 0 saturated carbocycles. The van der Waals surface area contributed by atoms with E-state index in [0.29, 0.717) is 10.4 Å². The second-order valence-electron chi connectivity index (χ2n) is 6.54. The summed E-state index contributed by atoms with van der Waals surface area (Å²) in [7, 11) is 0. The van der Waals surface area contributed by atoms with Crippen LogP contribution in [0, 0.1) is 0 Å². The van der Waals surface area contributed by atoms with E-state index >= 15 is 0 Å². The van der Waals surface area contributed by atoms with E-state index in [4.69, 9.17) is 27.9 Å². The first-order valence-corrected chi connectivity index (χ1v) is 10.5. The summed E-state index contributed by atoms with van der Waals surface area (Å²) in [6.45, 7) is 1.82. The van der Waals surface area contributed by atoms with Crippen LogP contribution in [0.5, 0.6) is 0 Å². The Hall–Kier alpha value is -2.31. The Balaban J connectivity index is 2.02. The molecule has 0 saturated heterocycles. The molecular weight excluding hydrogens is 524 g/mol. The van der Waals surface area contributed by atoms with Gasteiger partial charge < -0.3 is 4.74 Å². The van der Waals surface area contributed by atoms with Gasteiger partial charge in [-0.15, -0.1) is 11.3 Å². The molecule has 0 aliphatic rings. The van der Waals surface area contributed by atoms with Gasteiger partial charge in [-0.3, -0.25) is 0 Å². The molecule has 0 spiro atoms. The van der Waals surface area contributed by atoms with Crippen LogP contribution in [0.4, 0.5) is 30.7 Å². The van der Waals surface area contributed by atoms with Gasteiger partial charge in [0.05, 0.1) is 28.4 Å². The second-order valence-corrected chi connectivity index (χ2v) is 8.26. The molecular formula is C19H11Cl2F7N2O2S. The normalized spacial score (nSPS) is 12.8. The maximum absolute atomic E-state index is 14.4. The number of carbonyl (C=O) groups excluding carboxylic acids is 1. The highest BCUT2D eigenvalue weighted by Crippen LogP contribution is 2.54. The molecule has 0 fully saturated rings. The zero-order chi connectivity index (χ0) is 24.8. The van der Waals surface area contributed by atoms with Gasteiger partial charge in [0.2, 0.25) is 0 Å². The largest absolute Gasteiger partial charge is 0.462 e. The van der Waals surface area contributed by atoms with E-state index in [-0.39, 0.29) is 30.0 Å². The van der Waals surface area contributed by atoms with Crippen LogP contribution in [-0.2, 0) is 10.4 Å². The van der Waals surface area contributed by atoms with E-state index < -0.39 is 39.6 Å². The molecule has 178 valence electrons. The molecule has 0 aliphatic heterocycles. The number of esters is 1. The molecule has 4 nitrogen and oxygen atoms in total. The lowest BCUT2D eigenvalue weighted by Crippen LogP contribution is -2.50. The molecule has 1 aromatic carbocycles. The standard InChI is InChI=1S/C19H11Cl2F7N2O2S/c1-2-32-16(31)9-3-14(33-8-9)10-6-29-30(7-10)15-12(20)4-11(5-13(15)21)17(22,18(23,24)25)19(26,27)28/h3-8H,2H2,1H3. The second kappa shape index (κ2) is 8.80. The quantitative estimate of drug-likeness (QED) is 0.253. The number of rotatable bonds is 5. The van der Waals surface area contributed by atoms with Crippen molar-refractivity contribution < 1.29 is 40.3 Å². The van der Waals surface area contributed by atoms with Crippen molar-refractivity contribution >= 4 is 40.5 Å². The molecule has 0 aliphatic carbocycles. The fraction of sp³-hybridized carbons (Fsp3) is 0.263. The molecule has 0 N–H and O–H groups in total. The first kappa shape index (κ1) is 25.3. The van der Waals surface area contributed by atoms with E-state index in [1.165, 1.54) is 35.2 Å². The number of benzene rings is 1. The zero-order valence-corrected chi connectivity index (χ0v) is 18.5. The van der Waals surface area contributed by atoms with Crippen molar-refractivity contribution in [3.05, 3.63) is 57.1 Å². The van der Waals surface area contributed by atoms with E-state index in [2.05, 4.69) is 5.10 Å². The van der Waals surface area contributed by atoms with Gasteiger partial charge in [0, 0.05) is 27.6 Å². The predicted molar refractivity (Wildman–Crippen MR) is 108 cm³/mol. The van der Waals surface area contributed by atoms with E-state index in [0.717, 1.165) is 4.68 Å². The Morgan fingerprint density at radius 2 is 1.64 bits per heavy atom. The van der Waals surface area contributed by atoms with Crippen molar-refractivity contribution in [1.29, 1.82) is 0 Å². The van der Waals surface area contributed by atoms with Gasteiger partial charge in [0.25, 0.3) is 0 Å². The number of hydrogen-bond acceptors (Lipinski definition) is 4. The number of aromatic nitrogens is 2. The van der Waals surface area contributed by atoms with Crippen molar-refractivity contribution in [3.63, 3.8) is 0 Å². The van der Waals surface area contributed by atoms with Crippen LogP contribution in [0.25, 0.3) is 16.1 Å². The summed E-state index contributed by atoms with van der Waals surface area (Å²) in [5.74, 6) is -0.543. The van der Waals surface area contributed by atoms with Gasteiger partial charge in [0.15, 0.2) is 0 Å². The van der Waals surface area contributed by atoms with Crippen LogP contribution in [-0.4, -0.2) is 34.7 Å². The van der Waals surface area contributed by atoms with Crippen molar-refractivity contribution in [2.75, 3.05) is 6.61 Å². The van der Waals surface area contributed by atoms with Gasteiger partial charge in [-0.2, -0.15) is 31.4 Å². The highest BCUT2D eigenvalue weighted by atomic mass is 35.5. The lowest BCUT2D eigenvalue weighted by molar-refractivity contribution is -0.348. The SMILES string of the molecule is CCOC(=O)c1csc(-c2cnn(-c3c(Cl)cc(C(F)(C(F)(F)F)C(F)(F)F)cc3Cl)c2)c1. The van der Waals surface area contributed by atoms with E-state index in [9.17, 15) is 35.5 Å². The molecule has 0 amide bonds. The number of ether oxygens (including phenoxy) is 1. The Morgan fingerprint density at radius 3 is 2.15 bits per heavy atom. The Labute approximate surface area is 195 Å². The maximum atomic E-state index is 14.4. The fourth-order valence-corrected chi connectivity index (χ4v) is 4.37. The van der Waals surface area contributed by atoms with E-state index in [1.807, 2.05) is 0 Å². The minimum atomic E-state index is -6.31. The van der Waals surface area contributed by atoms with Gasteiger partial charge in [-0.25, -0.2) is 13.9 Å². The highest BCUT2D eigenvalue weighted by molar-refractivity contribution is 7.13. The molecule has 33 heavy (non-hydrogen) atoms. The van der Waals surface area contributed by atoms with Gasteiger partial charge in [-0.05, 0) is 25.1 Å². The lowest BCUT2D eigenvalue weighted by atomic mass is 9.94. The summed E-state index contributed by atoms with van der Waals surface area (Å²) in [6, 6.07) is 1.92. The summed E-state index contributed by atoms with van der Waals surface area (Å²) in [6.07, 6.45) is -9.97. The van der Waals surface area contributed by atoms with Crippen molar-refractivity contribution in [3.8, 4) is 16.1 Å². The molecule has 2 aromatic heterocycles. The third-order valence-electron chi connectivity index (χ3n) is 4.40. The molecule has 3 aromatic rings. The van der Waals surface area contributed by atoms with Crippen molar-refractivity contribution in [2.45, 2.75) is 24.9 Å². The van der Waals surface area contributed by atoms with Gasteiger partial charge >= 0.3 is 24.0 Å². The minimum Gasteiger partial charge on any atom is -0.462 e. The summed E-state index contributed by atoms with van der Waals surface area (Å²) in [5, 5.41) is 4.11. The summed E-state index contributed by atoms with van der Waals surface area (Å²) in [5.41, 5.74) is -7.03. The Kier molecular flexibility index (Phi) is 6.75. The fourth-order valence-electron chi connectivity index (χ4n) is 2.85. The number of hydrogen-bond donors (Lipinski definition) is 0. The molecule has 2 heterocycles. The minimum absolute atomic E-state index is 0.178. The maximum Gasteiger partial charge on any atom is 0.435 e. The first-order chi connectivity index (χ1) is 15.2. The number of alkyl halides is 7. The summed E-state index contributed by atoms with van der Waals surface area (Å²) >= 11 is 13.0. The molecule has 14 heteroatoms. The molecule has 0 unspecified atom stereocenters. The molecule has 0 bridgehead atoms. The lowest BCUT2D eigenvalue weighted by Gasteiger charge is -2.30. The first-order valence-electron chi connectivity index (χ1n) is 8.83. The summed E-state index contributed by atoms with van der Waals surface area (Å²) in [4.78, 5) is 12.4. The number of thiophene rings is 1. The predicted octanol–water partition coefficient (Wildman–Crippen LogP) is 7.37. The third-order valence-corrected chi connectivity index (χ3v) is 5.96. The van der Waals surface area contributed by atoms with Crippen LogP contribution in [0.2, 0.25) is 10.0 Å². The third kappa shape index (κ3) is 4.56. The summed E-state index contributed by atoms with van der Waals surface area (Å²) < 4.78 is 98.5. The zero-order valence-electron chi connectivity index (χ0n) is 16.2. The average Bonchev–Trinajstić information content (AvgIpc) is 3.34. The number of halogens is 9. The Bertz CT molecular complexity index is 1150. The topological polar surface area (TPSA) is 44.1 Å². The average molecular weight is 535 g/mol. The van der Waals surface area contributed by atoms with Crippen LogP contribution in [0.15, 0.2) is 36.0 Å². The highest BCUT2D eigenvalue weighted by Gasteiger charge is 2.73. The van der Waals surface area contributed by atoms with Gasteiger partial charge in [-0.1, -0.05) is 23.2 Å². The van der Waals surface area contributed by atoms with Crippen LogP contribution in [0.3, 0.4) is 0 Å². The molecule has 0 atom stereocenters. The molecule has 0 radical (unpaired) electrons. The van der Waals surface area contributed by atoms with Crippen LogP contribution in [0.1, 0.15) is 22.8 Å². The van der Waals surface area contributed by atoms with Gasteiger partial charge in [0.1, 0.15) is 5.69 Å².